The van der Waals surface area contributed by atoms with Gasteiger partial charge in [0.1, 0.15) is 23.7 Å². The van der Waals surface area contributed by atoms with Gasteiger partial charge in [0.25, 0.3) is 5.92 Å². The van der Waals surface area contributed by atoms with Crippen LogP contribution in [0.1, 0.15) is 43.2 Å². The SMILES string of the molecule is CN(C)C[C@@]1(COc2nc(N3CCOC[C@@](C)(O)C3)c3c4c(c(-c5c(C6CC6)c(C(F)(F)F)cc6[nH]ncc56)nn4C)n(C)c3n2)CC1(F)F. The van der Waals surface area contributed by atoms with Crippen LogP contribution in [0.5, 0.6) is 6.01 Å². The maximum absolute atomic E-state index is 14.7. The maximum Gasteiger partial charge on any atom is 0.416 e. The fourth-order valence-electron chi connectivity index (χ4n) is 7.69. The zero-order valence-corrected chi connectivity index (χ0v) is 28.3. The number of halogens is 5. The van der Waals surface area contributed by atoms with Crippen LogP contribution in [0.15, 0.2) is 12.3 Å². The molecule has 0 radical (unpaired) electrons. The Morgan fingerprint density at radius 2 is 1.90 bits per heavy atom. The Morgan fingerprint density at radius 3 is 2.56 bits per heavy atom. The Bertz CT molecular complexity index is 2150. The molecule has 1 aliphatic heterocycles. The lowest BCUT2D eigenvalue weighted by Crippen LogP contribution is -2.42. The summed E-state index contributed by atoms with van der Waals surface area (Å²) in [4.78, 5) is 13.0. The molecule has 4 aromatic heterocycles. The van der Waals surface area contributed by atoms with Crippen LogP contribution in [-0.4, -0.2) is 110 Å². The van der Waals surface area contributed by atoms with Gasteiger partial charge in [-0.25, -0.2) is 8.78 Å². The number of H-pyrrole nitrogens is 1. The van der Waals surface area contributed by atoms with Crippen molar-refractivity contribution >= 4 is 38.8 Å². The Balaban J connectivity index is 1.36. The lowest BCUT2D eigenvalue weighted by molar-refractivity contribution is -0.138. The van der Waals surface area contributed by atoms with E-state index in [0.717, 1.165) is 6.07 Å². The van der Waals surface area contributed by atoms with Crippen molar-refractivity contribution in [3.8, 4) is 17.3 Å². The van der Waals surface area contributed by atoms with Gasteiger partial charge >= 0.3 is 12.2 Å². The smallest absolute Gasteiger partial charge is 0.416 e. The van der Waals surface area contributed by atoms with E-state index in [1.54, 1.807) is 49.3 Å². The molecule has 2 saturated carbocycles. The summed E-state index contributed by atoms with van der Waals surface area (Å²) in [5.41, 5.74) is -0.856. The summed E-state index contributed by atoms with van der Waals surface area (Å²) in [6.07, 6.45) is -2.19. The van der Waals surface area contributed by atoms with Crippen molar-refractivity contribution in [2.45, 2.75) is 49.8 Å². The average molecular weight is 704 g/mol. The molecule has 0 amide bonds. The molecule has 0 bridgehead atoms. The molecule has 2 aliphatic carbocycles. The van der Waals surface area contributed by atoms with Crippen molar-refractivity contribution < 1.29 is 36.5 Å². The number of aryl methyl sites for hydroxylation is 2. The van der Waals surface area contributed by atoms with Gasteiger partial charge in [0.2, 0.25) is 0 Å². The number of ether oxygens (including phenoxy) is 2. The van der Waals surface area contributed by atoms with Gasteiger partial charge in [0.15, 0.2) is 5.65 Å². The zero-order valence-electron chi connectivity index (χ0n) is 28.3. The van der Waals surface area contributed by atoms with E-state index in [9.17, 15) is 27.1 Å². The number of rotatable bonds is 8. The third kappa shape index (κ3) is 5.27. The van der Waals surface area contributed by atoms with E-state index < -0.39 is 28.7 Å². The van der Waals surface area contributed by atoms with E-state index >= 15 is 0 Å². The minimum absolute atomic E-state index is 0.0868. The maximum atomic E-state index is 14.7. The number of fused-ring (bicyclic) bond motifs is 4. The molecule has 1 saturated heterocycles. The van der Waals surface area contributed by atoms with Gasteiger partial charge in [-0.1, -0.05) is 0 Å². The molecular formula is C33H38F5N9O3. The first kappa shape index (κ1) is 33.1. The second-order valence-corrected chi connectivity index (χ2v) is 14.7. The minimum atomic E-state index is -4.61. The normalized spacial score (nSPS) is 24.2. The molecule has 2 N–H and O–H groups in total. The van der Waals surface area contributed by atoms with E-state index in [4.69, 9.17) is 24.5 Å². The largest absolute Gasteiger partial charge is 0.462 e. The summed E-state index contributed by atoms with van der Waals surface area (Å²) in [5, 5.41) is 23.8. The van der Waals surface area contributed by atoms with Crippen LogP contribution in [0.25, 0.3) is 44.2 Å². The number of aromatic amines is 1. The number of β-amino-alcohol motifs (C(OH)–C–C–N with tert-alkyl or cyclic N) is 1. The van der Waals surface area contributed by atoms with Gasteiger partial charge in [0, 0.05) is 44.6 Å². The number of aliphatic hydroxyl groups is 1. The van der Waals surface area contributed by atoms with E-state index in [2.05, 4.69) is 10.2 Å². The summed E-state index contributed by atoms with van der Waals surface area (Å²) in [6, 6.07) is 0.988. The lowest BCUT2D eigenvalue weighted by atomic mass is 9.91. The fourth-order valence-corrected chi connectivity index (χ4v) is 7.69. The van der Waals surface area contributed by atoms with Crippen molar-refractivity contribution in [1.82, 2.24) is 39.4 Å². The molecule has 0 unspecified atom stereocenters. The summed E-state index contributed by atoms with van der Waals surface area (Å²) in [5.74, 6) is -2.84. The molecule has 17 heteroatoms. The monoisotopic (exact) mass is 703 g/mol. The molecule has 268 valence electrons. The summed E-state index contributed by atoms with van der Waals surface area (Å²) in [7, 11) is 6.89. The van der Waals surface area contributed by atoms with Gasteiger partial charge in [-0.2, -0.15) is 33.3 Å². The van der Waals surface area contributed by atoms with Crippen LogP contribution in [0.4, 0.5) is 27.8 Å². The molecule has 0 spiro atoms. The van der Waals surface area contributed by atoms with Crippen molar-refractivity contribution in [3.63, 3.8) is 0 Å². The summed E-state index contributed by atoms with van der Waals surface area (Å²) >= 11 is 0. The zero-order chi connectivity index (χ0) is 35.5. The molecule has 8 rings (SSSR count). The summed E-state index contributed by atoms with van der Waals surface area (Å²) < 4.78 is 88.3. The highest BCUT2D eigenvalue weighted by molar-refractivity contribution is 6.16. The number of nitrogens with one attached hydrogen (secondary N) is 1. The highest BCUT2D eigenvalue weighted by atomic mass is 19.4. The van der Waals surface area contributed by atoms with Crippen LogP contribution in [0.2, 0.25) is 0 Å². The Labute approximate surface area is 283 Å². The lowest BCUT2D eigenvalue weighted by Gasteiger charge is -2.29. The average Bonchev–Trinajstić information content (AvgIpc) is 3.81. The van der Waals surface area contributed by atoms with E-state index in [-0.39, 0.29) is 62.3 Å². The predicted molar refractivity (Wildman–Crippen MR) is 175 cm³/mol. The highest BCUT2D eigenvalue weighted by Crippen LogP contribution is 2.61. The second-order valence-electron chi connectivity index (χ2n) is 14.7. The van der Waals surface area contributed by atoms with Gasteiger partial charge < -0.3 is 28.9 Å². The van der Waals surface area contributed by atoms with Crippen LogP contribution in [-0.2, 0) is 25.0 Å². The number of aromatic nitrogens is 7. The van der Waals surface area contributed by atoms with Crippen LogP contribution in [0, 0.1) is 5.41 Å². The molecule has 5 heterocycles. The van der Waals surface area contributed by atoms with E-state index in [1.165, 1.54) is 6.20 Å². The van der Waals surface area contributed by atoms with E-state index in [0.29, 0.717) is 63.9 Å². The molecule has 3 fully saturated rings. The van der Waals surface area contributed by atoms with Crippen LogP contribution < -0.4 is 9.64 Å². The number of hydrogen-bond donors (Lipinski definition) is 2. The van der Waals surface area contributed by atoms with Crippen LogP contribution >= 0.6 is 0 Å². The molecule has 1 aromatic carbocycles. The molecule has 3 aliphatic rings. The number of benzene rings is 1. The van der Waals surface area contributed by atoms with Crippen LogP contribution in [0.3, 0.4) is 0 Å². The third-order valence-corrected chi connectivity index (χ3v) is 10.1. The van der Waals surface area contributed by atoms with Crippen molar-refractivity contribution in [2.24, 2.45) is 19.5 Å². The van der Waals surface area contributed by atoms with Gasteiger partial charge in [0.05, 0.1) is 58.9 Å². The first-order valence-corrected chi connectivity index (χ1v) is 16.5. The third-order valence-electron chi connectivity index (χ3n) is 10.1. The number of alkyl halides is 5. The fraction of sp³-hybridized carbons (Fsp3) is 0.576. The van der Waals surface area contributed by atoms with Crippen molar-refractivity contribution in [2.75, 3.05) is 58.5 Å². The number of nitrogens with zero attached hydrogens (tertiary/aromatic N) is 8. The van der Waals surface area contributed by atoms with Crippen molar-refractivity contribution in [3.05, 3.63) is 23.4 Å². The van der Waals surface area contributed by atoms with E-state index in [1.807, 2.05) is 4.90 Å². The minimum Gasteiger partial charge on any atom is -0.462 e. The number of hydrogen-bond acceptors (Lipinski definition) is 9. The standard InChI is InChI=1S/C33H38F5N9O3/c1-30(48)13-47(8-9-49-15-30)28-23-25-26(45(4)27(23)40-29(41-28)50-16-31(14-44(2)3)12-32(31,34)35)24(43-46(25)5)22-18-11-39-42-20(18)10-19(33(36,37)38)21(22)17-6-7-17/h10-11,17,48H,6-9,12-16H2,1-5H3,(H,39,42)/t30-,31+/m0/s1. The number of anilines is 1. The topological polar surface area (TPSA) is 122 Å². The Kier molecular flexibility index (Phi) is 7.25. The second kappa shape index (κ2) is 11.0. The molecule has 50 heavy (non-hydrogen) atoms. The first-order valence-electron chi connectivity index (χ1n) is 16.5. The molecule has 12 nitrogen and oxygen atoms in total. The van der Waals surface area contributed by atoms with Gasteiger partial charge in [-0.05, 0) is 51.4 Å². The Hall–Kier alpha value is -4.09. The predicted octanol–water partition coefficient (Wildman–Crippen LogP) is 4.85. The van der Waals surface area contributed by atoms with Gasteiger partial charge in [-0.3, -0.25) is 9.78 Å². The van der Waals surface area contributed by atoms with Gasteiger partial charge in [-0.15, -0.1) is 0 Å². The summed E-state index contributed by atoms with van der Waals surface area (Å²) in [6.45, 7) is 2.24. The first-order chi connectivity index (χ1) is 23.5. The molecular weight excluding hydrogens is 665 g/mol. The van der Waals surface area contributed by atoms with Crippen molar-refractivity contribution in [1.29, 1.82) is 0 Å². The molecule has 5 aromatic rings. The highest BCUT2D eigenvalue weighted by Gasteiger charge is 2.71. The molecule has 2 atom stereocenters. The quantitative estimate of drug-likeness (QED) is 0.219. The Morgan fingerprint density at radius 1 is 1.16 bits per heavy atom.